The summed E-state index contributed by atoms with van der Waals surface area (Å²) in [5.74, 6) is 0. The Morgan fingerprint density at radius 1 is 1.50 bits per heavy atom. The molecule has 2 N–H and O–H groups in total. The summed E-state index contributed by atoms with van der Waals surface area (Å²) in [7, 11) is 0. The molecule has 0 radical (unpaired) electrons. The van der Waals surface area contributed by atoms with Gasteiger partial charge in [0.15, 0.2) is 0 Å². The van der Waals surface area contributed by atoms with Gasteiger partial charge < -0.3 is 10.5 Å². The highest BCUT2D eigenvalue weighted by molar-refractivity contribution is 14.1. The summed E-state index contributed by atoms with van der Waals surface area (Å²) in [6.45, 7) is 0.870. The lowest BCUT2D eigenvalue weighted by Gasteiger charge is -2.04. The molecule has 0 unspecified atom stereocenters. The van der Waals surface area contributed by atoms with E-state index >= 15 is 0 Å². The van der Waals surface area contributed by atoms with Gasteiger partial charge in [-0.25, -0.2) is 0 Å². The quantitative estimate of drug-likeness (QED) is 0.371. The van der Waals surface area contributed by atoms with Gasteiger partial charge in [0.25, 0.3) is 5.69 Å². The lowest BCUT2D eigenvalue weighted by molar-refractivity contribution is -0.384. The van der Waals surface area contributed by atoms with Crippen LogP contribution in [0.4, 0.5) is 11.4 Å². The Morgan fingerprint density at radius 3 is 2.79 bits per heavy atom. The van der Waals surface area contributed by atoms with E-state index in [1.807, 2.05) is 0 Å². The van der Waals surface area contributed by atoms with Gasteiger partial charge in [-0.2, -0.15) is 0 Å². The molecule has 1 heterocycles. The van der Waals surface area contributed by atoms with Crippen LogP contribution >= 0.6 is 22.6 Å². The van der Waals surface area contributed by atoms with Crippen molar-refractivity contribution < 1.29 is 9.66 Å². The van der Waals surface area contributed by atoms with Crippen LogP contribution in [0, 0.1) is 13.7 Å². The van der Waals surface area contributed by atoms with Crippen LogP contribution < -0.4 is 5.73 Å². The van der Waals surface area contributed by atoms with E-state index < -0.39 is 4.92 Å². The third kappa shape index (κ3) is 1.34. The van der Waals surface area contributed by atoms with Crippen molar-refractivity contribution in [2.45, 2.75) is 13.2 Å². The summed E-state index contributed by atoms with van der Waals surface area (Å²) < 4.78 is 6.05. The van der Waals surface area contributed by atoms with Crippen molar-refractivity contribution in [3.8, 4) is 0 Å². The third-order valence-electron chi connectivity index (χ3n) is 2.21. The largest absolute Gasteiger partial charge is 0.393 e. The summed E-state index contributed by atoms with van der Waals surface area (Å²) >= 11 is 2.06. The van der Waals surface area contributed by atoms with Crippen molar-refractivity contribution >= 4 is 34.0 Å². The standard InChI is InChI=1S/C8H7IN2O3/c9-6-1-7(11(12)13)8(10)5-3-14-2-4(5)6/h1H,2-3,10H2. The van der Waals surface area contributed by atoms with Gasteiger partial charge in [-0.15, -0.1) is 0 Å². The zero-order valence-corrected chi connectivity index (χ0v) is 9.28. The average molecular weight is 306 g/mol. The molecule has 1 aliphatic rings. The zero-order valence-electron chi connectivity index (χ0n) is 7.12. The molecule has 74 valence electrons. The highest BCUT2D eigenvalue weighted by Crippen LogP contribution is 2.36. The fourth-order valence-corrected chi connectivity index (χ4v) is 2.25. The first kappa shape index (κ1) is 9.66. The average Bonchev–Trinajstić information content (AvgIpc) is 2.59. The van der Waals surface area contributed by atoms with Gasteiger partial charge in [-0.3, -0.25) is 10.1 Å². The molecule has 1 aromatic rings. The first-order valence-electron chi connectivity index (χ1n) is 3.93. The van der Waals surface area contributed by atoms with Crippen LogP contribution in [-0.4, -0.2) is 4.92 Å². The number of ether oxygens (including phenoxy) is 1. The molecule has 0 fully saturated rings. The second-order valence-electron chi connectivity index (χ2n) is 3.00. The van der Waals surface area contributed by atoms with E-state index in [0.717, 1.165) is 14.7 Å². The first-order chi connectivity index (χ1) is 6.61. The number of halogens is 1. The number of nitro benzene ring substituents is 1. The third-order valence-corrected chi connectivity index (χ3v) is 3.17. The van der Waals surface area contributed by atoms with Crippen molar-refractivity contribution in [3.05, 3.63) is 30.9 Å². The second-order valence-corrected chi connectivity index (χ2v) is 4.16. The minimum Gasteiger partial charge on any atom is -0.393 e. The number of anilines is 1. The number of nitrogens with zero attached hydrogens (tertiary/aromatic N) is 1. The van der Waals surface area contributed by atoms with Crippen molar-refractivity contribution in [2.24, 2.45) is 0 Å². The van der Waals surface area contributed by atoms with E-state index in [-0.39, 0.29) is 11.4 Å². The molecule has 6 heteroatoms. The normalized spacial score (nSPS) is 14.1. The van der Waals surface area contributed by atoms with E-state index in [2.05, 4.69) is 22.6 Å². The maximum Gasteiger partial charge on any atom is 0.293 e. The summed E-state index contributed by atoms with van der Waals surface area (Å²) in [6.07, 6.45) is 0. The molecule has 0 spiro atoms. The lowest BCUT2D eigenvalue weighted by atomic mass is 10.1. The predicted molar refractivity (Wildman–Crippen MR) is 58.7 cm³/mol. The van der Waals surface area contributed by atoms with Crippen LogP contribution in [0.1, 0.15) is 11.1 Å². The van der Waals surface area contributed by atoms with Crippen molar-refractivity contribution in [3.63, 3.8) is 0 Å². The molecular weight excluding hydrogens is 299 g/mol. The second kappa shape index (κ2) is 3.35. The molecule has 0 atom stereocenters. The minimum atomic E-state index is -0.462. The Hall–Kier alpha value is -0.890. The number of nitro groups is 1. The summed E-state index contributed by atoms with van der Waals surface area (Å²) in [5, 5.41) is 10.7. The van der Waals surface area contributed by atoms with Gasteiger partial charge in [0.1, 0.15) is 5.69 Å². The van der Waals surface area contributed by atoms with Crippen molar-refractivity contribution in [1.29, 1.82) is 0 Å². The van der Waals surface area contributed by atoms with E-state index in [0.29, 0.717) is 13.2 Å². The molecule has 5 nitrogen and oxygen atoms in total. The molecule has 0 bridgehead atoms. The highest BCUT2D eigenvalue weighted by atomic mass is 127. The minimum absolute atomic E-state index is 0.0290. The number of nitrogen functional groups attached to an aromatic ring is 1. The molecular formula is C8H7IN2O3. The predicted octanol–water partition coefficient (Wildman–Crippen LogP) is 1.81. The number of rotatable bonds is 1. The van der Waals surface area contributed by atoms with Crippen LogP contribution in [0.15, 0.2) is 6.07 Å². The Morgan fingerprint density at radius 2 is 2.14 bits per heavy atom. The van der Waals surface area contributed by atoms with Crippen LogP contribution in [0.3, 0.4) is 0 Å². The molecule has 1 aromatic carbocycles. The highest BCUT2D eigenvalue weighted by Gasteiger charge is 2.24. The molecule has 0 aromatic heterocycles. The monoisotopic (exact) mass is 306 g/mol. The maximum atomic E-state index is 10.7. The first-order valence-corrected chi connectivity index (χ1v) is 5.01. The van der Waals surface area contributed by atoms with E-state index in [4.69, 9.17) is 10.5 Å². The SMILES string of the molecule is Nc1c([N+](=O)[O-])cc(I)c2c1COC2. The molecule has 0 saturated carbocycles. The Labute approximate surface area is 93.5 Å². The van der Waals surface area contributed by atoms with Gasteiger partial charge in [0, 0.05) is 15.2 Å². The van der Waals surface area contributed by atoms with Crippen LogP contribution in [-0.2, 0) is 18.0 Å². The lowest BCUT2D eigenvalue weighted by Crippen LogP contribution is -2.02. The topological polar surface area (TPSA) is 78.4 Å². The zero-order chi connectivity index (χ0) is 10.3. The number of benzene rings is 1. The molecule has 14 heavy (non-hydrogen) atoms. The summed E-state index contributed by atoms with van der Waals surface area (Å²) in [5.41, 5.74) is 7.64. The van der Waals surface area contributed by atoms with E-state index in [9.17, 15) is 10.1 Å². The van der Waals surface area contributed by atoms with Crippen molar-refractivity contribution in [2.75, 3.05) is 5.73 Å². The Balaban J connectivity index is 2.68. The van der Waals surface area contributed by atoms with Crippen LogP contribution in [0.25, 0.3) is 0 Å². The smallest absolute Gasteiger partial charge is 0.293 e. The number of hydrogen-bond acceptors (Lipinski definition) is 4. The van der Waals surface area contributed by atoms with E-state index in [1.165, 1.54) is 6.07 Å². The molecule has 2 rings (SSSR count). The fourth-order valence-electron chi connectivity index (χ4n) is 1.47. The number of fused-ring (bicyclic) bond motifs is 1. The van der Waals surface area contributed by atoms with E-state index in [1.54, 1.807) is 0 Å². The van der Waals surface area contributed by atoms with Crippen LogP contribution in [0.2, 0.25) is 0 Å². The molecule has 1 aliphatic heterocycles. The molecule has 0 saturated heterocycles. The molecule has 0 aliphatic carbocycles. The summed E-state index contributed by atoms with van der Waals surface area (Å²) in [4.78, 5) is 10.2. The fraction of sp³-hybridized carbons (Fsp3) is 0.250. The van der Waals surface area contributed by atoms with Gasteiger partial charge in [0.2, 0.25) is 0 Å². The Bertz CT molecular complexity index is 420. The number of nitrogens with two attached hydrogens (primary N) is 1. The summed E-state index contributed by atoms with van der Waals surface area (Å²) in [6, 6.07) is 1.49. The van der Waals surface area contributed by atoms with Gasteiger partial charge in [0.05, 0.1) is 18.1 Å². The Kier molecular flexibility index (Phi) is 2.31. The van der Waals surface area contributed by atoms with Gasteiger partial charge in [-0.05, 0) is 28.2 Å². The van der Waals surface area contributed by atoms with Gasteiger partial charge in [-0.1, -0.05) is 0 Å². The van der Waals surface area contributed by atoms with Crippen molar-refractivity contribution in [1.82, 2.24) is 0 Å². The van der Waals surface area contributed by atoms with Crippen LogP contribution in [0.5, 0.6) is 0 Å². The van der Waals surface area contributed by atoms with Gasteiger partial charge >= 0.3 is 0 Å². The maximum absolute atomic E-state index is 10.7. The molecule has 0 amide bonds. The number of hydrogen-bond donors (Lipinski definition) is 1.